The van der Waals surface area contributed by atoms with Crippen LogP contribution in [0.5, 0.6) is 5.75 Å². The highest BCUT2D eigenvalue weighted by Gasteiger charge is 2.15. The van der Waals surface area contributed by atoms with Gasteiger partial charge < -0.3 is 9.64 Å². The molecule has 0 spiro atoms. The van der Waals surface area contributed by atoms with Crippen molar-refractivity contribution in [1.82, 2.24) is 0 Å². The molecule has 0 amide bonds. The molecule has 1 fully saturated rings. The summed E-state index contributed by atoms with van der Waals surface area (Å²) in [6.45, 7) is 3.83. The van der Waals surface area contributed by atoms with Crippen LogP contribution in [0, 0.1) is 0 Å². The van der Waals surface area contributed by atoms with Crippen molar-refractivity contribution in [2.45, 2.75) is 32.6 Å². The van der Waals surface area contributed by atoms with Crippen molar-refractivity contribution in [3.63, 3.8) is 0 Å². The summed E-state index contributed by atoms with van der Waals surface area (Å²) in [6.07, 6.45) is 4.29. The molecule has 1 aromatic carbocycles. The third-order valence-electron chi connectivity index (χ3n) is 3.42. The monoisotopic (exact) mass is 247 g/mol. The quantitative estimate of drug-likeness (QED) is 0.819. The number of piperidine rings is 1. The number of anilines is 1. The molecule has 0 atom stereocenters. The number of hydrogen-bond donors (Lipinski definition) is 0. The zero-order valence-corrected chi connectivity index (χ0v) is 11.2. The number of benzene rings is 1. The number of Topliss-reactive ketones (excluding diaryl/α,β-unsaturated/α-hetero) is 1. The van der Waals surface area contributed by atoms with E-state index in [1.54, 1.807) is 14.0 Å². The summed E-state index contributed by atoms with van der Waals surface area (Å²) in [4.78, 5) is 13.8. The fraction of sp³-hybridized carbons (Fsp3) is 0.533. The minimum Gasteiger partial charge on any atom is -0.497 e. The van der Waals surface area contributed by atoms with Gasteiger partial charge in [0.05, 0.1) is 7.11 Å². The summed E-state index contributed by atoms with van der Waals surface area (Å²) >= 11 is 0. The van der Waals surface area contributed by atoms with Crippen molar-refractivity contribution >= 4 is 11.5 Å². The van der Waals surface area contributed by atoms with Crippen LogP contribution in [0.3, 0.4) is 0 Å². The normalized spacial score (nSPS) is 15.6. The fourth-order valence-electron chi connectivity index (χ4n) is 2.54. The van der Waals surface area contributed by atoms with Crippen molar-refractivity contribution in [1.29, 1.82) is 0 Å². The summed E-state index contributed by atoms with van der Waals surface area (Å²) in [5, 5.41) is 0. The standard InChI is InChI=1S/C15H21NO2/c1-12(17)10-13-11-14(18-2)6-7-15(13)16-8-4-3-5-9-16/h6-7,11H,3-5,8-10H2,1-2H3. The Kier molecular flexibility index (Phi) is 4.24. The van der Waals surface area contributed by atoms with Gasteiger partial charge in [0.2, 0.25) is 0 Å². The number of nitrogens with zero attached hydrogens (tertiary/aromatic N) is 1. The van der Waals surface area contributed by atoms with Gasteiger partial charge in [-0.1, -0.05) is 0 Å². The minimum atomic E-state index is 0.196. The molecule has 0 N–H and O–H groups in total. The Hall–Kier alpha value is -1.51. The molecule has 3 nitrogen and oxygen atoms in total. The van der Waals surface area contributed by atoms with Gasteiger partial charge in [-0.3, -0.25) is 4.79 Å². The summed E-state index contributed by atoms with van der Waals surface area (Å²) < 4.78 is 5.25. The molecule has 3 heteroatoms. The van der Waals surface area contributed by atoms with E-state index in [0.29, 0.717) is 6.42 Å². The first-order valence-corrected chi connectivity index (χ1v) is 6.62. The number of rotatable bonds is 4. The Bertz CT molecular complexity index is 423. The Balaban J connectivity index is 2.28. The number of ketones is 1. The largest absolute Gasteiger partial charge is 0.497 e. The van der Waals surface area contributed by atoms with Gasteiger partial charge in [0.1, 0.15) is 11.5 Å². The van der Waals surface area contributed by atoms with Crippen molar-refractivity contribution in [3.8, 4) is 5.75 Å². The molecule has 0 aliphatic carbocycles. The molecular formula is C15H21NO2. The van der Waals surface area contributed by atoms with Crippen LogP contribution in [-0.4, -0.2) is 26.0 Å². The molecule has 0 aromatic heterocycles. The number of carbonyl (C=O) groups excluding carboxylic acids is 1. The lowest BCUT2D eigenvalue weighted by Gasteiger charge is -2.30. The van der Waals surface area contributed by atoms with E-state index >= 15 is 0 Å². The molecule has 0 unspecified atom stereocenters. The van der Waals surface area contributed by atoms with E-state index in [0.717, 1.165) is 24.4 Å². The first kappa shape index (κ1) is 12.9. The first-order chi connectivity index (χ1) is 8.70. The van der Waals surface area contributed by atoms with Crippen LogP contribution in [0.2, 0.25) is 0 Å². The SMILES string of the molecule is COc1ccc(N2CCCCC2)c(CC(C)=O)c1. The fourth-order valence-corrected chi connectivity index (χ4v) is 2.54. The highest BCUT2D eigenvalue weighted by molar-refractivity contribution is 5.80. The van der Waals surface area contributed by atoms with Crippen molar-refractivity contribution in [2.24, 2.45) is 0 Å². The highest BCUT2D eigenvalue weighted by atomic mass is 16.5. The van der Waals surface area contributed by atoms with E-state index in [1.165, 1.54) is 24.9 Å². The van der Waals surface area contributed by atoms with Gasteiger partial charge in [0.25, 0.3) is 0 Å². The van der Waals surface area contributed by atoms with E-state index < -0.39 is 0 Å². The van der Waals surface area contributed by atoms with Crippen LogP contribution < -0.4 is 9.64 Å². The molecule has 0 bridgehead atoms. The van der Waals surface area contributed by atoms with Gasteiger partial charge in [-0.05, 0) is 49.9 Å². The second kappa shape index (κ2) is 5.89. The Morgan fingerprint density at radius 1 is 1.28 bits per heavy atom. The highest BCUT2D eigenvalue weighted by Crippen LogP contribution is 2.28. The molecule has 0 saturated carbocycles. The van der Waals surface area contributed by atoms with Gasteiger partial charge >= 0.3 is 0 Å². The molecule has 1 saturated heterocycles. The summed E-state index contributed by atoms with van der Waals surface area (Å²) in [7, 11) is 1.66. The predicted molar refractivity (Wildman–Crippen MR) is 73.4 cm³/mol. The van der Waals surface area contributed by atoms with Crippen LogP contribution >= 0.6 is 0 Å². The van der Waals surface area contributed by atoms with Gasteiger partial charge in [-0.25, -0.2) is 0 Å². The molecular weight excluding hydrogens is 226 g/mol. The van der Waals surface area contributed by atoms with Gasteiger partial charge in [-0.2, -0.15) is 0 Å². The number of methoxy groups -OCH3 is 1. The second-order valence-electron chi connectivity index (χ2n) is 4.92. The second-order valence-corrected chi connectivity index (χ2v) is 4.92. The number of carbonyl (C=O) groups is 1. The van der Waals surface area contributed by atoms with Crippen molar-refractivity contribution in [2.75, 3.05) is 25.1 Å². The predicted octanol–water partition coefficient (Wildman–Crippen LogP) is 2.82. The topological polar surface area (TPSA) is 29.5 Å². The Labute approximate surface area is 109 Å². The van der Waals surface area contributed by atoms with Gasteiger partial charge in [0, 0.05) is 25.2 Å². The van der Waals surface area contributed by atoms with Crippen molar-refractivity contribution < 1.29 is 9.53 Å². The van der Waals surface area contributed by atoms with Crippen LogP contribution in [0.1, 0.15) is 31.7 Å². The maximum atomic E-state index is 11.4. The third-order valence-corrected chi connectivity index (χ3v) is 3.42. The third kappa shape index (κ3) is 3.03. The smallest absolute Gasteiger partial charge is 0.134 e. The first-order valence-electron chi connectivity index (χ1n) is 6.62. The summed E-state index contributed by atoms with van der Waals surface area (Å²) in [6, 6.07) is 6.06. The van der Waals surface area contributed by atoms with Gasteiger partial charge in [0.15, 0.2) is 0 Å². The molecule has 1 aliphatic heterocycles. The molecule has 2 rings (SSSR count). The Morgan fingerprint density at radius 2 is 2.00 bits per heavy atom. The lowest BCUT2D eigenvalue weighted by molar-refractivity contribution is -0.116. The van der Waals surface area contributed by atoms with E-state index in [4.69, 9.17) is 4.74 Å². The van der Waals surface area contributed by atoms with E-state index in [-0.39, 0.29) is 5.78 Å². The van der Waals surface area contributed by atoms with Crippen LogP contribution in [-0.2, 0) is 11.2 Å². The molecule has 1 aliphatic rings. The van der Waals surface area contributed by atoms with Crippen LogP contribution in [0.15, 0.2) is 18.2 Å². The molecule has 98 valence electrons. The average molecular weight is 247 g/mol. The van der Waals surface area contributed by atoms with Gasteiger partial charge in [-0.15, -0.1) is 0 Å². The molecule has 0 radical (unpaired) electrons. The lowest BCUT2D eigenvalue weighted by atomic mass is 10.0. The molecule has 18 heavy (non-hydrogen) atoms. The molecule has 1 heterocycles. The van der Waals surface area contributed by atoms with E-state index in [2.05, 4.69) is 11.0 Å². The average Bonchev–Trinajstić information content (AvgIpc) is 2.39. The van der Waals surface area contributed by atoms with E-state index in [1.807, 2.05) is 12.1 Å². The molecule has 1 aromatic rings. The summed E-state index contributed by atoms with van der Waals surface area (Å²) in [5.41, 5.74) is 2.29. The maximum Gasteiger partial charge on any atom is 0.134 e. The Morgan fingerprint density at radius 3 is 2.61 bits per heavy atom. The van der Waals surface area contributed by atoms with Crippen LogP contribution in [0.4, 0.5) is 5.69 Å². The zero-order valence-electron chi connectivity index (χ0n) is 11.2. The summed E-state index contributed by atoms with van der Waals surface area (Å²) in [5.74, 6) is 1.02. The number of hydrogen-bond acceptors (Lipinski definition) is 3. The number of ether oxygens (including phenoxy) is 1. The maximum absolute atomic E-state index is 11.4. The van der Waals surface area contributed by atoms with Crippen LogP contribution in [0.25, 0.3) is 0 Å². The van der Waals surface area contributed by atoms with Crippen molar-refractivity contribution in [3.05, 3.63) is 23.8 Å². The minimum absolute atomic E-state index is 0.196. The zero-order chi connectivity index (χ0) is 13.0. The van der Waals surface area contributed by atoms with E-state index in [9.17, 15) is 4.79 Å². The lowest BCUT2D eigenvalue weighted by Crippen LogP contribution is -2.30.